The zero-order chi connectivity index (χ0) is 77.9. The molecule has 13 amide bonds. The van der Waals surface area contributed by atoms with Crippen LogP contribution in [0.15, 0.2) is 42.1 Å². The second-order valence-electron chi connectivity index (χ2n) is 28.7. The van der Waals surface area contributed by atoms with E-state index in [0.29, 0.717) is 18.4 Å². The van der Waals surface area contributed by atoms with E-state index in [4.69, 9.17) is 10.5 Å². The van der Waals surface area contributed by atoms with Gasteiger partial charge in [0.2, 0.25) is 70.9 Å². The van der Waals surface area contributed by atoms with Gasteiger partial charge in [0.25, 0.3) is 5.91 Å². The molecule has 1 aromatic carbocycles. The first kappa shape index (κ1) is 88.6. The molecule has 0 aromatic heterocycles. The lowest BCUT2D eigenvalue weighted by Crippen LogP contribution is -2.64. The van der Waals surface area contributed by atoms with Gasteiger partial charge < -0.3 is 89.4 Å². The number of aliphatic hydroxyl groups is 2. The molecule has 2 aliphatic rings. The van der Waals surface area contributed by atoms with E-state index in [1.165, 1.54) is 31.7 Å². The molecular formula is C72H118N14O17. The summed E-state index contributed by atoms with van der Waals surface area (Å²) in [4.78, 5) is 201. The summed E-state index contributed by atoms with van der Waals surface area (Å²) in [5.41, 5.74) is 6.32. The predicted molar refractivity (Wildman–Crippen MR) is 383 cm³/mol. The fraction of sp³-hybridized carbons (Fsp3) is 0.694. The highest BCUT2D eigenvalue weighted by molar-refractivity contribution is 6.03. The van der Waals surface area contributed by atoms with Crippen LogP contribution in [-0.4, -0.2) is 202 Å². The van der Waals surface area contributed by atoms with Gasteiger partial charge in [0.05, 0.1) is 6.10 Å². The van der Waals surface area contributed by atoms with E-state index in [1.807, 2.05) is 0 Å². The first-order chi connectivity index (χ1) is 48.4. The molecule has 2 aliphatic heterocycles. The standard InChI is InChI=1S/C72H118N14O17/c1-18-41(14)56(68(98)85-59-44(17)103-72(102)55(40(12)13)81-60(90)46(20-3)74-62(92)48(35-45-27-22-21-23-28-45)76-64(94)52(37(6)7)78-67(97)57(42(15)19-2)83-70(59)100)82-61(91)47(29-24-32-73)75-63(93)49-30-25-33-86(49)71(101)54(39(10)11)80-66(96)53(38(8)9)79-69(99)58(43(16)88)84-65(95)51(36(4)5)77-50(89)31-26-34-87/h20-23,27-28,36-44,47-49,51-59,87-88H,18-19,24-26,29-35,73H2,1-17H3,(H,74,92)(H,75,93)(H,76,94)(H,77,89)(H,78,97)(H,79,99)(H,80,96)(H,81,90)(H,82,91)(H,83,100)(H,84,95)(H,85,98)/b46-20-/t41-,42-,43-,44+,47+,48+,49-,51-,52-,53+,54-,55+,56-,57-,58+,59-/m1/s1. The van der Waals surface area contributed by atoms with Crippen molar-refractivity contribution in [2.24, 2.45) is 47.2 Å². The van der Waals surface area contributed by atoms with Crippen molar-refractivity contribution in [1.29, 1.82) is 0 Å². The topological polar surface area (TPSA) is 462 Å². The monoisotopic (exact) mass is 1450 g/mol. The number of carbonyl (C=O) groups excluding carboxylic acids is 14. The second-order valence-corrected chi connectivity index (χ2v) is 28.7. The van der Waals surface area contributed by atoms with Gasteiger partial charge in [0.1, 0.15) is 84.3 Å². The average Bonchev–Trinajstić information content (AvgIpc) is 1.81. The van der Waals surface area contributed by atoms with Crippen molar-refractivity contribution >= 4 is 82.8 Å². The Labute approximate surface area is 605 Å². The Balaban J connectivity index is 2.01. The third-order valence-corrected chi connectivity index (χ3v) is 18.6. The molecule has 31 heteroatoms. The molecule has 103 heavy (non-hydrogen) atoms. The molecule has 31 nitrogen and oxygen atoms in total. The van der Waals surface area contributed by atoms with Crippen LogP contribution in [0.4, 0.5) is 0 Å². The number of cyclic esters (lactones) is 1. The van der Waals surface area contributed by atoms with Crippen LogP contribution in [0.1, 0.15) is 175 Å². The third kappa shape index (κ3) is 26.6. The number of ether oxygens (including phenoxy) is 1. The molecule has 0 spiro atoms. The van der Waals surface area contributed by atoms with Gasteiger partial charge in [-0.3, -0.25) is 62.3 Å². The van der Waals surface area contributed by atoms with E-state index in [9.17, 15) is 67.7 Å². The molecule has 0 unspecified atom stereocenters. The number of hydrogen-bond donors (Lipinski definition) is 15. The average molecular weight is 1450 g/mol. The molecule has 0 aliphatic carbocycles. The summed E-state index contributed by atoms with van der Waals surface area (Å²) >= 11 is 0. The summed E-state index contributed by atoms with van der Waals surface area (Å²) in [5, 5.41) is 51.9. The van der Waals surface area contributed by atoms with Gasteiger partial charge in [-0.25, -0.2) is 4.79 Å². The van der Waals surface area contributed by atoms with Gasteiger partial charge in [0, 0.05) is 26.0 Å². The first-order valence-electron chi connectivity index (χ1n) is 36.2. The third-order valence-electron chi connectivity index (χ3n) is 18.6. The van der Waals surface area contributed by atoms with E-state index in [2.05, 4.69) is 63.8 Å². The lowest BCUT2D eigenvalue weighted by atomic mass is 9.95. The molecule has 1 aromatic rings. The van der Waals surface area contributed by atoms with E-state index >= 15 is 9.59 Å². The minimum absolute atomic E-state index is 0.0380. The van der Waals surface area contributed by atoms with Crippen LogP contribution < -0.4 is 69.5 Å². The Hall–Kier alpha value is -8.58. The Bertz CT molecular complexity index is 3110. The molecule has 0 radical (unpaired) electrons. The number of amides is 13. The van der Waals surface area contributed by atoms with Crippen LogP contribution in [0, 0.1) is 41.4 Å². The molecule has 16 atom stereocenters. The number of benzene rings is 1. The van der Waals surface area contributed by atoms with Crippen LogP contribution in [-0.2, 0) is 78.3 Å². The van der Waals surface area contributed by atoms with Gasteiger partial charge in [-0.05, 0) is 106 Å². The van der Waals surface area contributed by atoms with Gasteiger partial charge in [-0.2, -0.15) is 0 Å². The maximum absolute atomic E-state index is 15.0. The van der Waals surface area contributed by atoms with Gasteiger partial charge in [0.15, 0.2) is 0 Å². The van der Waals surface area contributed by atoms with Crippen molar-refractivity contribution in [1.82, 2.24) is 68.7 Å². The van der Waals surface area contributed by atoms with E-state index in [-0.39, 0.29) is 70.3 Å². The molecule has 2 fully saturated rings. The number of nitrogens with one attached hydrogen (secondary N) is 12. The lowest BCUT2D eigenvalue weighted by Gasteiger charge is -2.33. The van der Waals surface area contributed by atoms with Crippen LogP contribution in [0.2, 0.25) is 0 Å². The molecule has 3 rings (SSSR count). The zero-order valence-corrected chi connectivity index (χ0v) is 63.1. The molecule has 16 N–H and O–H groups in total. The summed E-state index contributed by atoms with van der Waals surface area (Å²) in [6.45, 7) is 27.2. The number of esters is 1. The number of aliphatic hydroxyl groups excluding tert-OH is 2. The molecule has 2 saturated heterocycles. The largest absolute Gasteiger partial charge is 0.458 e. The van der Waals surface area contributed by atoms with Gasteiger partial charge >= 0.3 is 5.97 Å². The Kier molecular flexibility index (Phi) is 36.9. The number of nitrogens with two attached hydrogens (primary N) is 1. The predicted octanol–water partition coefficient (Wildman–Crippen LogP) is -0.217. The van der Waals surface area contributed by atoms with E-state index in [0.717, 1.165) is 0 Å². The number of nitrogens with zero attached hydrogens (tertiary/aromatic N) is 1. The summed E-state index contributed by atoms with van der Waals surface area (Å²) in [6.07, 6.45) is -0.574. The van der Waals surface area contributed by atoms with Crippen LogP contribution >= 0.6 is 0 Å². The number of allylic oxidation sites excluding steroid dienone is 1. The van der Waals surface area contributed by atoms with Crippen molar-refractivity contribution in [3.63, 3.8) is 0 Å². The zero-order valence-electron chi connectivity index (χ0n) is 63.1. The highest BCUT2D eigenvalue weighted by Crippen LogP contribution is 2.23. The summed E-state index contributed by atoms with van der Waals surface area (Å²) in [6, 6.07) is -7.87. The Morgan fingerprint density at radius 3 is 1.71 bits per heavy atom. The van der Waals surface area contributed by atoms with E-state index < -0.39 is 209 Å². The molecule has 0 bridgehead atoms. The van der Waals surface area contributed by atoms with Crippen LogP contribution in [0.25, 0.3) is 0 Å². The highest BCUT2D eigenvalue weighted by Gasteiger charge is 2.44. The number of rotatable bonds is 32. The van der Waals surface area contributed by atoms with Gasteiger partial charge in [-0.1, -0.05) is 146 Å². The molecule has 578 valence electrons. The minimum Gasteiger partial charge on any atom is -0.458 e. The normalized spacial score (nSPS) is 22.7. The fourth-order valence-corrected chi connectivity index (χ4v) is 11.7. The van der Waals surface area contributed by atoms with Crippen LogP contribution in [0.5, 0.6) is 0 Å². The summed E-state index contributed by atoms with van der Waals surface area (Å²) in [7, 11) is 0. The molecular weight excluding hydrogens is 1330 g/mol. The van der Waals surface area contributed by atoms with Crippen molar-refractivity contribution in [3.05, 3.63) is 47.7 Å². The van der Waals surface area contributed by atoms with Crippen LogP contribution in [0.3, 0.4) is 0 Å². The summed E-state index contributed by atoms with van der Waals surface area (Å²) < 4.78 is 5.95. The van der Waals surface area contributed by atoms with Gasteiger partial charge in [-0.15, -0.1) is 0 Å². The second kappa shape index (κ2) is 42.9. The maximum atomic E-state index is 15.0. The van der Waals surface area contributed by atoms with Crippen molar-refractivity contribution in [2.75, 3.05) is 19.7 Å². The van der Waals surface area contributed by atoms with E-state index in [1.54, 1.807) is 127 Å². The maximum Gasteiger partial charge on any atom is 0.329 e. The molecule has 0 saturated carbocycles. The number of likely N-dealkylation sites (tertiary alicyclic amines) is 1. The van der Waals surface area contributed by atoms with Crippen molar-refractivity contribution < 1.29 is 82.1 Å². The SMILES string of the molecule is C/C=C1\NC(=O)[C@H](Cc2ccccc2)NC(=O)[C@@H](C(C)C)NC(=O)[C@@H]([C@H](C)CC)NC(=O)[C@H](NC(=O)[C@H](NC(=O)[C@H](CCCN)NC(=O)[C@H]2CCCN2C(=O)[C@H](NC(=O)[C@@H](NC(=O)[C@@H](NC(=O)[C@H](NC(=O)CCCO)C(C)C)[C@@H](C)O)C(C)C)C(C)C)[C@H](C)CC)[C@H](C)OC(=O)[C@H](C(C)C)NC1=O. The summed E-state index contributed by atoms with van der Waals surface area (Å²) in [5.74, 6) is -15.9. The first-order valence-corrected chi connectivity index (χ1v) is 36.2. The molecule has 2 heterocycles. The quantitative estimate of drug-likeness (QED) is 0.0328. The lowest BCUT2D eigenvalue weighted by molar-refractivity contribution is -0.157. The van der Waals surface area contributed by atoms with Crippen molar-refractivity contribution in [2.45, 2.75) is 260 Å². The Morgan fingerprint density at radius 1 is 0.631 bits per heavy atom. The fourth-order valence-electron chi connectivity index (χ4n) is 11.7. The number of hydrogen-bond acceptors (Lipinski definition) is 18. The Morgan fingerprint density at radius 2 is 1.17 bits per heavy atom. The smallest absolute Gasteiger partial charge is 0.329 e. The number of carbonyl (C=O) groups is 14. The van der Waals surface area contributed by atoms with Crippen molar-refractivity contribution in [3.8, 4) is 0 Å². The minimum atomic E-state index is -1.83. The highest BCUT2D eigenvalue weighted by atomic mass is 16.5.